The summed E-state index contributed by atoms with van der Waals surface area (Å²) in [5.74, 6) is 0.656. The van der Waals surface area contributed by atoms with Crippen LogP contribution in [0.15, 0.2) is 58.1 Å². The average Bonchev–Trinajstić information content (AvgIpc) is 2.74. The number of hydrogen-bond donors (Lipinski definition) is 1. The Kier molecular flexibility index (Phi) is 7.70. The van der Waals surface area contributed by atoms with E-state index in [1.807, 2.05) is 25.1 Å². The Bertz CT molecular complexity index is 1140. The molecule has 2 aromatic carbocycles. The van der Waals surface area contributed by atoms with Crippen molar-refractivity contribution in [3.63, 3.8) is 0 Å². The van der Waals surface area contributed by atoms with E-state index in [0.717, 1.165) is 16.8 Å². The van der Waals surface area contributed by atoms with E-state index in [1.165, 1.54) is 6.07 Å². The summed E-state index contributed by atoms with van der Waals surface area (Å²) in [6.45, 7) is 2.28. The molecule has 6 nitrogen and oxygen atoms in total. The zero-order valence-corrected chi connectivity index (χ0v) is 18.6. The number of halogens is 2. The first-order chi connectivity index (χ1) is 15.0. The van der Waals surface area contributed by atoms with E-state index in [1.54, 1.807) is 37.6 Å². The van der Waals surface area contributed by atoms with Crippen LogP contribution in [-0.4, -0.2) is 18.3 Å². The fourth-order valence-electron chi connectivity index (χ4n) is 2.87. The van der Waals surface area contributed by atoms with Gasteiger partial charge < -0.3 is 9.47 Å². The smallest absolute Gasteiger partial charge is 0.164 e. The van der Waals surface area contributed by atoms with Gasteiger partial charge in [0.15, 0.2) is 5.82 Å². The van der Waals surface area contributed by atoms with Gasteiger partial charge in [-0.15, -0.1) is 0 Å². The lowest BCUT2D eigenvalue weighted by Gasteiger charge is -2.10. The molecule has 0 bridgehead atoms. The Morgan fingerprint density at radius 3 is 2.71 bits per heavy atom. The summed E-state index contributed by atoms with van der Waals surface area (Å²) in [5, 5.41) is 13.7. The van der Waals surface area contributed by atoms with Crippen LogP contribution in [0.2, 0.25) is 0 Å². The van der Waals surface area contributed by atoms with Crippen LogP contribution in [0.5, 0.6) is 5.75 Å². The number of ether oxygens (including phenoxy) is 2. The first-order valence-electron chi connectivity index (χ1n) is 9.36. The lowest BCUT2D eigenvalue weighted by atomic mass is 10.1. The van der Waals surface area contributed by atoms with Gasteiger partial charge in [0.1, 0.15) is 29.8 Å². The number of methoxy groups -OCH3 is 1. The van der Waals surface area contributed by atoms with Gasteiger partial charge in [0.05, 0.1) is 17.3 Å². The van der Waals surface area contributed by atoms with Gasteiger partial charge in [-0.2, -0.15) is 10.4 Å². The molecule has 1 N–H and O–H groups in total. The average molecular weight is 483 g/mol. The number of nitriles is 1. The molecule has 0 aliphatic carbocycles. The summed E-state index contributed by atoms with van der Waals surface area (Å²) >= 11 is 3.47. The lowest BCUT2D eigenvalue weighted by Crippen LogP contribution is -2.03. The van der Waals surface area contributed by atoms with Crippen LogP contribution in [0.25, 0.3) is 0 Å². The molecule has 31 heavy (non-hydrogen) atoms. The van der Waals surface area contributed by atoms with Crippen molar-refractivity contribution in [2.75, 3.05) is 12.5 Å². The molecule has 0 fully saturated rings. The van der Waals surface area contributed by atoms with Gasteiger partial charge in [-0.3, -0.25) is 5.43 Å². The minimum absolute atomic E-state index is 0.125. The van der Waals surface area contributed by atoms with Gasteiger partial charge in [-0.1, -0.05) is 18.2 Å². The van der Waals surface area contributed by atoms with Crippen molar-refractivity contribution in [3.8, 4) is 11.8 Å². The molecule has 8 heteroatoms. The van der Waals surface area contributed by atoms with E-state index in [0.29, 0.717) is 33.8 Å². The van der Waals surface area contributed by atoms with Crippen LogP contribution >= 0.6 is 15.9 Å². The number of rotatable bonds is 8. The molecule has 0 saturated heterocycles. The molecular formula is C23H20BrFN4O2. The number of nitrogens with zero attached hydrogens (tertiary/aromatic N) is 3. The van der Waals surface area contributed by atoms with Crippen LogP contribution < -0.4 is 10.2 Å². The predicted octanol–water partition coefficient (Wildman–Crippen LogP) is 5.33. The summed E-state index contributed by atoms with van der Waals surface area (Å²) in [6.07, 6.45) is 1.60. The number of pyridine rings is 1. The van der Waals surface area contributed by atoms with Crippen molar-refractivity contribution < 1.29 is 13.9 Å². The van der Waals surface area contributed by atoms with E-state index in [-0.39, 0.29) is 12.4 Å². The lowest BCUT2D eigenvalue weighted by molar-refractivity contribution is 0.184. The van der Waals surface area contributed by atoms with Gasteiger partial charge in [0.25, 0.3) is 0 Å². The number of aryl methyl sites for hydroxylation is 1. The zero-order chi connectivity index (χ0) is 22.2. The topological polar surface area (TPSA) is 79.5 Å². The molecule has 0 atom stereocenters. The van der Waals surface area contributed by atoms with E-state index in [9.17, 15) is 9.65 Å². The summed E-state index contributed by atoms with van der Waals surface area (Å²) in [5.41, 5.74) is 5.99. The van der Waals surface area contributed by atoms with Crippen molar-refractivity contribution in [2.24, 2.45) is 5.10 Å². The standard InChI is InChI=1S/C23H20BrFN4O2/c1-15-9-18(13-30-2)19(11-26)23(28-15)29-27-12-16-7-8-22(20(24)10-16)31-14-17-5-3-4-6-21(17)25/h3-10,12H,13-14H2,1-2H3,(H,28,29)/b27-12-. The maximum atomic E-state index is 13.7. The van der Waals surface area contributed by atoms with Crippen molar-refractivity contribution >= 4 is 28.0 Å². The van der Waals surface area contributed by atoms with Gasteiger partial charge in [-0.05, 0) is 58.7 Å². The molecule has 0 aliphatic heterocycles. The zero-order valence-electron chi connectivity index (χ0n) is 17.0. The van der Waals surface area contributed by atoms with E-state index < -0.39 is 0 Å². The van der Waals surface area contributed by atoms with Crippen LogP contribution in [0.3, 0.4) is 0 Å². The maximum absolute atomic E-state index is 13.7. The SMILES string of the molecule is COCc1cc(C)nc(N/N=C\c2ccc(OCc3ccccc3F)c(Br)c2)c1C#N. The second-order valence-electron chi connectivity index (χ2n) is 6.63. The van der Waals surface area contributed by atoms with E-state index in [4.69, 9.17) is 9.47 Å². The number of hydrogen-bond acceptors (Lipinski definition) is 6. The fourth-order valence-corrected chi connectivity index (χ4v) is 3.38. The highest BCUT2D eigenvalue weighted by Crippen LogP contribution is 2.27. The summed E-state index contributed by atoms with van der Waals surface area (Å²) in [6, 6.07) is 15.9. The second-order valence-corrected chi connectivity index (χ2v) is 7.49. The monoisotopic (exact) mass is 482 g/mol. The van der Waals surface area contributed by atoms with Crippen molar-refractivity contribution in [2.45, 2.75) is 20.1 Å². The van der Waals surface area contributed by atoms with Gasteiger partial charge in [0.2, 0.25) is 0 Å². The minimum atomic E-state index is -0.302. The first kappa shape index (κ1) is 22.4. The van der Waals surface area contributed by atoms with Crippen molar-refractivity contribution in [1.82, 2.24) is 4.98 Å². The molecule has 0 aliphatic rings. The Morgan fingerprint density at radius 2 is 2.00 bits per heavy atom. The summed E-state index contributed by atoms with van der Waals surface area (Å²) in [4.78, 5) is 4.35. The summed E-state index contributed by atoms with van der Waals surface area (Å²) in [7, 11) is 1.57. The second kappa shape index (κ2) is 10.7. The Balaban J connectivity index is 1.69. The molecule has 1 heterocycles. The molecule has 3 aromatic rings. The fraction of sp³-hybridized carbons (Fsp3) is 0.174. The number of nitrogens with one attached hydrogen (secondary N) is 1. The molecule has 158 valence electrons. The van der Waals surface area contributed by atoms with Crippen LogP contribution in [0, 0.1) is 24.1 Å². The number of benzene rings is 2. The number of aromatic nitrogens is 1. The van der Waals surface area contributed by atoms with Crippen molar-refractivity contribution in [3.05, 3.63) is 86.8 Å². The van der Waals surface area contributed by atoms with Crippen LogP contribution in [-0.2, 0) is 18.0 Å². The van der Waals surface area contributed by atoms with Crippen molar-refractivity contribution in [1.29, 1.82) is 5.26 Å². The minimum Gasteiger partial charge on any atom is -0.488 e. The molecule has 0 saturated carbocycles. The first-order valence-corrected chi connectivity index (χ1v) is 10.2. The highest BCUT2D eigenvalue weighted by atomic mass is 79.9. The third kappa shape index (κ3) is 5.87. The largest absolute Gasteiger partial charge is 0.488 e. The summed E-state index contributed by atoms with van der Waals surface area (Å²) < 4.78 is 25.3. The Labute approximate surface area is 188 Å². The van der Waals surface area contributed by atoms with E-state index in [2.05, 4.69) is 37.5 Å². The highest BCUT2D eigenvalue weighted by molar-refractivity contribution is 9.10. The van der Waals surface area contributed by atoms with Gasteiger partial charge in [-0.25, -0.2) is 9.37 Å². The molecule has 0 unspecified atom stereocenters. The number of hydrazone groups is 1. The Hall–Kier alpha value is -3.28. The molecule has 0 spiro atoms. The highest BCUT2D eigenvalue weighted by Gasteiger charge is 2.11. The van der Waals surface area contributed by atoms with Gasteiger partial charge >= 0.3 is 0 Å². The normalized spacial score (nSPS) is 10.8. The molecule has 0 radical (unpaired) electrons. The maximum Gasteiger partial charge on any atom is 0.164 e. The molecule has 1 aromatic heterocycles. The third-order valence-corrected chi connectivity index (χ3v) is 4.94. The van der Waals surface area contributed by atoms with Crippen LogP contribution in [0.4, 0.5) is 10.2 Å². The Morgan fingerprint density at radius 1 is 1.19 bits per heavy atom. The third-order valence-electron chi connectivity index (χ3n) is 4.32. The number of anilines is 1. The molecule has 3 rings (SSSR count). The van der Waals surface area contributed by atoms with Gasteiger partial charge in [0, 0.05) is 23.9 Å². The van der Waals surface area contributed by atoms with Crippen LogP contribution in [0.1, 0.15) is 27.9 Å². The van der Waals surface area contributed by atoms with E-state index >= 15 is 0 Å². The molecular weight excluding hydrogens is 463 g/mol. The predicted molar refractivity (Wildman–Crippen MR) is 120 cm³/mol. The quantitative estimate of drug-likeness (QED) is 0.346. The molecule has 0 amide bonds.